The molecule has 3 atom stereocenters. The van der Waals surface area contributed by atoms with Gasteiger partial charge in [0.25, 0.3) is 17.4 Å². The molecule has 20 heteroatoms. The van der Waals surface area contributed by atoms with Crippen LogP contribution in [0.4, 0.5) is 11.6 Å². The summed E-state index contributed by atoms with van der Waals surface area (Å²) >= 11 is 0. The number of aromatic amines is 1. The van der Waals surface area contributed by atoms with Crippen molar-refractivity contribution in [3.8, 4) is 0 Å². The SMILES string of the molecule is NCCCC[C@@H](NC(=O)[C@@H](NC(=O)CC[C@@H](NC(=O)c1ccc(NCc2cnc3nc(N)[nH]c(=O)c3n2)cc1)C(=O)O)C(=O)O)C(=O)O. The van der Waals surface area contributed by atoms with Gasteiger partial charge in [-0.2, -0.15) is 4.98 Å². The highest BCUT2D eigenvalue weighted by Crippen LogP contribution is 2.12. The van der Waals surface area contributed by atoms with Crippen molar-refractivity contribution >= 4 is 58.4 Å². The lowest BCUT2D eigenvalue weighted by molar-refractivity contribution is -0.149. The maximum absolute atomic E-state index is 12.7. The van der Waals surface area contributed by atoms with Gasteiger partial charge in [-0.05, 0) is 56.5 Å². The van der Waals surface area contributed by atoms with Crippen molar-refractivity contribution < 1.29 is 44.1 Å². The number of rotatable bonds is 18. The lowest BCUT2D eigenvalue weighted by Crippen LogP contribution is -2.55. The molecule has 1 aromatic carbocycles. The fourth-order valence-electron chi connectivity index (χ4n) is 4.24. The average molecular weight is 671 g/mol. The van der Waals surface area contributed by atoms with Gasteiger partial charge in [0.15, 0.2) is 11.2 Å². The first-order valence-electron chi connectivity index (χ1n) is 14.4. The molecule has 0 saturated heterocycles. The first kappa shape index (κ1) is 36.3. The molecule has 256 valence electrons. The summed E-state index contributed by atoms with van der Waals surface area (Å²) in [5.74, 6) is -7.82. The number of aromatic nitrogens is 4. The molecule has 0 spiro atoms. The van der Waals surface area contributed by atoms with Gasteiger partial charge in [0.05, 0.1) is 18.4 Å². The van der Waals surface area contributed by atoms with E-state index in [1.54, 1.807) is 0 Å². The minimum Gasteiger partial charge on any atom is -0.480 e. The van der Waals surface area contributed by atoms with E-state index in [-0.39, 0.29) is 35.6 Å². The Balaban J connectivity index is 1.53. The van der Waals surface area contributed by atoms with Crippen molar-refractivity contribution in [1.82, 2.24) is 35.9 Å². The molecule has 0 bridgehead atoms. The summed E-state index contributed by atoms with van der Waals surface area (Å²) in [4.78, 5) is 99.0. The number of carboxylic acid groups (broad SMARTS) is 3. The second-order valence-corrected chi connectivity index (χ2v) is 10.3. The molecule has 2 aromatic heterocycles. The summed E-state index contributed by atoms with van der Waals surface area (Å²) in [5, 5.41) is 37.6. The summed E-state index contributed by atoms with van der Waals surface area (Å²) in [7, 11) is 0. The Bertz CT molecular complexity index is 1730. The van der Waals surface area contributed by atoms with Gasteiger partial charge in [-0.1, -0.05) is 0 Å². The minimum absolute atomic E-state index is 0.00627. The number of aliphatic carboxylic acids is 3. The van der Waals surface area contributed by atoms with E-state index in [0.29, 0.717) is 30.8 Å². The molecular formula is C28H34N10O10. The number of carboxylic acids is 3. The van der Waals surface area contributed by atoms with Gasteiger partial charge in [-0.3, -0.25) is 24.2 Å². The quantitative estimate of drug-likeness (QED) is 0.0524. The first-order chi connectivity index (χ1) is 22.8. The zero-order valence-corrected chi connectivity index (χ0v) is 25.3. The maximum atomic E-state index is 12.7. The number of nitrogen functional groups attached to an aromatic ring is 1. The number of benzene rings is 1. The van der Waals surface area contributed by atoms with Crippen LogP contribution in [-0.4, -0.2) is 95.6 Å². The molecule has 3 rings (SSSR count). The van der Waals surface area contributed by atoms with E-state index >= 15 is 0 Å². The molecule has 12 N–H and O–H groups in total. The fraction of sp³-hybridized carbons (Fsp3) is 0.357. The van der Waals surface area contributed by atoms with E-state index < -0.39 is 72.2 Å². The summed E-state index contributed by atoms with van der Waals surface area (Å²) < 4.78 is 0. The number of hydrogen-bond donors (Lipinski definition) is 10. The van der Waals surface area contributed by atoms with Crippen molar-refractivity contribution in [2.45, 2.75) is 56.8 Å². The molecule has 0 aliphatic carbocycles. The number of hydrogen-bond acceptors (Lipinski definition) is 13. The number of carbonyl (C=O) groups excluding carboxylic acids is 3. The van der Waals surface area contributed by atoms with Crippen LogP contribution in [0.5, 0.6) is 0 Å². The van der Waals surface area contributed by atoms with Crippen LogP contribution in [0.3, 0.4) is 0 Å². The monoisotopic (exact) mass is 670 g/mol. The normalized spacial score (nSPS) is 12.7. The summed E-state index contributed by atoms with van der Waals surface area (Å²) in [5.41, 5.74) is 11.5. The number of H-pyrrole nitrogens is 1. The van der Waals surface area contributed by atoms with Crippen LogP contribution in [0.2, 0.25) is 0 Å². The standard InChI is InChI=1S/C28H34N10O10/c29-10-2-1-3-16(25(43)44)35-24(42)20(27(47)48)36-18(39)9-8-17(26(45)46)34-22(40)13-4-6-14(7-5-13)31-11-15-12-32-21-19(33-15)23(41)38-28(30)37-21/h4-7,12,16-17,20,31H,1-3,8-11,29H2,(H,34,40)(H,35,42)(H,36,39)(H,43,44)(H,45,46)(H,47,48)(H3,30,32,37,38,41)/t16-,17-,20-/m1/s1. The zero-order chi connectivity index (χ0) is 35.4. The number of nitrogens with one attached hydrogen (secondary N) is 5. The Labute approximate surface area is 270 Å². The van der Waals surface area contributed by atoms with Crippen LogP contribution < -0.4 is 38.3 Å². The maximum Gasteiger partial charge on any atom is 0.336 e. The molecule has 0 aliphatic heterocycles. The highest BCUT2D eigenvalue weighted by molar-refractivity contribution is 6.05. The van der Waals surface area contributed by atoms with Gasteiger partial charge in [-0.25, -0.2) is 24.4 Å². The number of amides is 3. The summed E-state index contributed by atoms with van der Waals surface area (Å²) in [6, 6.07) is 0.760. The topological polar surface area (TPSA) is 335 Å². The largest absolute Gasteiger partial charge is 0.480 e. The first-order valence-corrected chi connectivity index (χ1v) is 14.4. The third-order valence-electron chi connectivity index (χ3n) is 6.75. The molecule has 0 saturated carbocycles. The molecule has 0 aliphatic rings. The summed E-state index contributed by atoms with van der Waals surface area (Å²) in [6.07, 6.45) is 1.16. The van der Waals surface area contributed by atoms with Gasteiger partial charge < -0.3 is 48.1 Å². The van der Waals surface area contributed by atoms with E-state index in [1.807, 2.05) is 5.32 Å². The Hall–Kier alpha value is -6.18. The van der Waals surface area contributed by atoms with Crippen molar-refractivity contribution in [1.29, 1.82) is 0 Å². The van der Waals surface area contributed by atoms with Crippen LogP contribution in [0.1, 0.15) is 48.2 Å². The van der Waals surface area contributed by atoms with Gasteiger partial charge in [0.2, 0.25) is 17.9 Å². The van der Waals surface area contributed by atoms with E-state index in [9.17, 15) is 48.9 Å². The third kappa shape index (κ3) is 10.4. The molecule has 20 nitrogen and oxygen atoms in total. The van der Waals surface area contributed by atoms with E-state index in [2.05, 4.69) is 35.9 Å². The van der Waals surface area contributed by atoms with Crippen molar-refractivity contribution in [2.75, 3.05) is 17.6 Å². The van der Waals surface area contributed by atoms with E-state index in [4.69, 9.17) is 11.5 Å². The van der Waals surface area contributed by atoms with Crippen LogP contribution in [0.25, 0.3) is 11.2 Å². The minimum atomic E-state index is -2.15. The third-order valence-corrected chi connectivity index (χ3v) is 6.75. The molecular weight excluding hydrogens is 636 g/mol. The number of anilines is 2. The second kappa shape index (κ2) is 16.9. The zero-order valence-electron chi connectivity index (χ0n) is 25.3. The lowest BCUT2D eigenvalue weighted by Gasteiger charge is -2.19. The molecule has 0 radical (unpaired) electrons. The average Bonchev–Trinajstić information content (AvgIpc) is 3.03. The number of nitrogens with two attached hydrogens (primary N) is 2. The number of unbranched alkanes of at least 4 members (excludes halogenated alkanes) is 1. The Kier molecular flexibility index (Phi) is 12.8. The van der Waals surface area contributed by atoms with Crippen LogP contribution in [-0.2, 0) is 30.5 Å². The fourth-order valence-corrected chi connectivity index (χ4v) is 4.24. The Morgan fingerprint density at radius 2 is 1.52 bits per heavy atom. The van der Waals surface area contributed by atoms with Crippen molar-refractivity contribution in [3.05, 3.63) is 52.1 Å². The Morgan fingerprint density at radius 1 is 0.854 bits per heavy atom. The van der Waals surface area contributed by atoms with Crippen LogP contribution >= 0.6 is 0 Å². The predicted octanol–water partition coefficient (Wildman–Crippen LogP) is -1.86. The van der Waals surface area contributed by atoms with Gasteiger partial charge >= 0.3 is 17.9 Å². The van der Waals surface area contributed by atoms with Crippen molar-refractivity contribution in [2.24, 2.45) is 5.73 Å². The van der Waals surface area contributed by atoms with E-state index in [1.165, 1.54) is 30.5 Å². The number of fused-ring (bicyclic) bond motifs is 1. The van der Waals surface area contributed by atoms with Crippen LogP contribution in [0.15, 0.2) is 35.3 Å². The lowest BCUT2D eigenvalue weighted by atomic mass is 10.1. The molecule has 0 fully saturated rings. The summed E-state index contributed by atoms with van der Waals surface area (Å²) in [6.45, 7) is 0.446. The Morgan fingerprint density at radius 3 is 2.15 bits per heavy atom. The molecule has 2 heterocycles. The smallest absolute Gasteiger partial charge is 0.336 e. The number of carbonyl (C=O) groups is 6. The molecule has 48 heavy (non-hydrogen) atoms. The van der Waals surface area contributed by atoms with Crippen molar-refractivity contribution in [3.63, 3.8) is 0 Å². The molecule has 3 aromatic rings. The predicted molar refractivity (Wildman–Crippen MR) is 166 cm³/mol. The molecule has 0 unspecified atom stereocenters. The number of nitrogens with zero attached hydrogens (tertiary/aromatic N) is 3. The highest BCUT2D eigenvalue weighted by atomic mass is 16.4. The van der Waals surface area contributed by atoms with E-state index in [0.717, 1.165) is 0 Å². The van der Waals surface area contributed by atoms with Gasteiger partial charge in [0, 0.05) is 17.7 Å². The highest BCUT2D eigenvalue weighted by Gasteiger charge is 2.32. The van der Waals surface area contributed by atoms with Crippen LogP contribution in [0, 0.1) is 0 Å². The second-order valence-electron chi connectivity index (χ2n) is 10.3. The van der Waals surface area contributed by atoms with Gasteiger partial charge in [0.1, 0.15) is 12.1 Å². The molecule has 3 amide bonds. The van der Waals surface area contributed by atoms with Gasteiger partial charge in [-0.15, -0.1) is 0 Å².